The summed E-state index contributed by atoms with van der Waals surface area (Å²) in [6, 6.07) is 0. The van der Waals surface area contributed by atoms with Crippen LogP contribution in [-0.4, -0.2) is 42.0 Å². The molecule has 5 nitrogen and oxygen atoms in total. The molecule has 1 unspecified atom stereocenters. The smallest absolute Gasteiger partial charge is 0.227 e. The third-order valence-electron chi connectivity index (χ3n) is 1.65. The van der Waals surface area contributed by atoms with Gasteiger partial charge in [-0.25, -0.2) is 0 Å². The van der Waals surface area contributed by atoms with Crippen LogP contribution < -0.4 is 5.73 Å². The Morgan fingerprint density at radius 3 is 2.54 bits per heavy atom. The van der Waals surface area contributed by atoms with Gasteiger partial charge in [0.05, 0.1) is 13.0 Å². The molecular weight excluding hydrogens is 172 g/mol. The van der Waals surface area contributed by atoms with Crippen molar-refractivity contribution in [2.24, 2.45) is 11.7 Å². The van der Waals surface area contributed by atoms with E-state index >= 15 is 0 Å². The molecule has 75 valence electrons. The summed E-state index contributed by atoms with van der Waals surface area (Å²) in [5, 5.41) is 8.53. The second kappa shape index (κ2) is 5.53. The van der Waals surface area contributed by atoms with Crippen LogP contribution in [0, 0.1) is 12.3 Å². The van der Waals surface area contributed by atoms with Crippen LogP contribution in [-0.2, 0) is 9.59 Å². The molecule has 1 atom stereocenters. The molecular formula is C8H15N2O3. The molecule has 0 saturated heterocycles. The van der Waals surface area contributed by atoms with Crippen LogP contribution in [0.25, 0.3) is 0 Å². The van der Waals surface area contributed by atoms with Crippen molar-refractivity contribution in [2.75, 3.05) is 20.2 Å². The van der Waals surface area contributed by atoms with Crippen molar-refractivity contribution >= 4 is 11.8 Å². The van der Waals surface area contributed by atoms with Gasteiger partial charge in [-0.2, -0.15) is 0 Å². The van der Waals surface area contributed by atoms with E-state index in [0.29, 0.717) is 0 Å². The number of hydrogen-bond acceptors (Lipinski definition) is 3. The van der Waals surface area contributed by atoms with Gasteiger partial charge in [0.2, 0.25) is 11.8 Å². The van der Waals surface area contributed by atoms with Crippen molar-refractivity contribution in [2.45, 2.75) is 6.92 Å². The molecule has 0 spiro atoms. The van der Waals surface area contributed by atoms with E-state index in [-0.39, 0.29) is 19.1 Å². The van der Waals surface area contributed by atoms with E-state index < -0.39 is 11.8 Å². The summed E-state index contributed by atoms with van der Waals surface area (Å²) in [5.41, 5.74) is 4.97. The Bertz CT molecular complexity index is 194. The summed E-state index contributed by atoms with van der Waals surface area (Å²) in [4.78, 5) is 23.1. The van der Waals surface area contributed by atoms with Crippen molar-refractivity contribution in [3.63, 3.8) is 0 Å². The molecule has 0 aliphatic heterocycles. The first kappa shape index (κ1) is 11.9. The maximum Gasteiger partial charge on any atom is 0.227 e. The molecule has 0 heterocycles. The molecule has 13 heavy (non-hydrogen) atoms. The van der Waals surface area contributed by atoms with Crippen LogP contribution in [0.5, 0.6) is 0 Å². The fraction of sp³-hybridized carbons (Fsp3) is 0.625. The number of aliphatic hydroxyl groups excluding tert-OH is 1. The summed E-state index contributed by atoms with van der Waals surface area (Å²) >= 11 is 0. The fourth-order valence-electron chi connectivity index (χ4n) is 0.683. The Morgan fingerprint density at radius 2 is 2.15 bits per heavy atom. The first-order valence-electron chi connectivity index (χ1n) is 3.99. The lowest BCUT2D eigenvalue weighted by atomic mass is 10.1. The third-order valence-corrected chi connectivity index (χ3v) is 1.65. The van der Waals surface area contributed by atoms with Crippen molar-refractivity contribution in [1.82, 2.24) is 4.90 Å². The zero-order valence-electron chi connectivity index (χ0n) is 7.86. The number of nitrogens with two attached hydrogens (primary N) is 1. The maximum absolute atomic E-state index is 11.2. The van der Waals surface area contributed by atoms with Gasteiger partial charge in [0.15, 0.2) is 0 Å². The molecule has 2 amide bonds. The molecule has 0 saturated carbocycles. The van der Waals surface area contributed by atoms with Crippen LogP contribution in [0.2, 0.25) is 0 Å². The van der Waals surface area contributed by atoms with Gasteiger partial charge >= 0.3 is 0 Å². The van der Waals surface area contributed by atoms with Crippen molar-refractivity contribution < 1.29 is 14.7 Å². The first-order chi connectivity index (χ1) is 5.99. The lowest BCUT2D eigenvalue weighted by Crippen LogP contribution is -2.33. The lowest BCUT2D eigenvalue weighted by Gasteiger charge is -2.16. The zero-order valence-corrected chi connectivity index (χ0v) is 7.86. The highest BCUT2D eigenvalue weighted by atomic mass is 16.3. The molecule has 0 fully saturated rings. The van der Waals surface area contributed by atoms with Gasteiger partial charge in [-0.3, -0.25) is 9.59 Å². The highest BCUT2D eigenvalue weighted by Crippen LogP contribution is 2.01. The highest BCUT2D eigenvalue weighted by Gasteiger charge is 2.16. The summed E-state index contributed by atoms with van der Waals surface area (Å²) in [5.74, 6) is -1.42. The Labute approximate surface area is 77.5 Å². The monoisotopic (exact) mass is 187 g/mol. The molecule has 1 radical (unpaired) electrons. The largest absolute Gasteiger partial charge is 0.395 e. The number of aliphatic hydroxyl groups is 1. The lowest BCUT2D eigenvalue weighted by molar-refractivity contribution is -0.129. The predicted molar refractivity (Wildman–Crippen MR) is 47.4 cm³/mol. The molecule has 0 aliphatic carbocycles. The molecule has 0 rings (SSSR count). The van der Waals surface area contributed by atoms with E-state index in [2.05, 4.69) is 0 Å². The van der Waals surface area contributed by atoms with Crippen LogP contribution in [0.15, 0.2) is 0 Å². The molecule has 0 aromatic rings. The summed E-state index contributed by atoms with van der Waals surface area (Å²) in [7, 11) is 1.54. The van der Waals surface area contributed by atoms with E-state index in [0.717, 1.165) is 0 Å². The van der Waals surface area contributed by atoms with Crippen LogP contribution in [0.1, 0.15) is 6.92 Å². The topological polar surface area (TPSA) is 83.6 Å². The van der Waals surface area contributed by atoms with Gasteiger partial charge in [-0.15, -0.1) is 0 Å². The van der Waals surface area contributed by atoms with E-state index in [1.54, 1.807) is 14.0 Å². The first-order valence-corrected chi connectivity index (χ1v) is 3.99. The third kappa shape index (κ3) is 4.47. The minimum absolute atomic E-state index is 0.0962. The normalized spacial score (nSPS) is 12.2. The second-order valence-electron chi connectivity index (χ2n) is 2.84. The molecule has 5 heteroatoms. The van der Waals surface area contributed by atoms with Gasteiger partial charge < -0.3 is 15.7 Å². The maximum atomic E-state index is 11.2. The zero-order chi connectivity index (χ0) is 10.4. The summed E-state index contributed by atoms with van der Waals surface area (Å²) in [6.45, 7) is 1.70. The number of carbonyl (C=O) groups excluding carboxylic acids is 2. The van der Waals surface area contributed by atoms with Crippen LogP contribution >= 0.6 is 0 Å². The summed E-state index contributed by atoms with van der Waals surface area (Å²) < 4.78 is 0. The number of likely N-dealkylation sites (N-methyl/N-ethyl adjacent to an activating group) is 1. The Balaban J connectivity index is 3.92. The molecule has 0 aromatic heterocycles. The van der Waals surface area contributed by atoms with Crippen LogP contribution in [0.3, 0.4) is 0 Å². The molecule has 0 aliphatic rings. The van der Waals surface area contributed by atoms with E-state index in [4.69, 9.17) is 10.8 Å². The van der Waals surface area contributed by atoms with Crippen molar-refractivity contribution in [3.8, 4) is 0 Å². The Hall–Kier alpha value is -1.10. The number of nitrogens with zero attached hydrogens (tertiary/aromatic N) is 1. The van der Waals surface area contributed by atoms with Crippen LogP contribution in [0.4, 0.5) is 0 Å². The fourth-order valence-corrected chi connectivity index (χ4v) is 0.683. The number of rotatable bonds is 5. The number of amides is 2. The molecule has 0 bridgehead atoms. The average molecular weight is 187 g/mol. The minimum Gasteiger partial charge on any atom is -0.395 e. The molecule has 3 N–H and O–H groups in total. The van der Waals surface area contributed by atoms with E-state index in [1.807, 2.05) is 0 Å². The minimum atomic E-state index is -0.575. The van der Waals surface area contributed by atoms with Gasteiger partial charge in [0, 0.05) is 19.5 Å². The molecule has 0 aromatic carbocycles. The van der Waals surface area contributed by atoms with Gasteiger partial charge in [0.1, 0.15) is 0 Å². The van der Waals surface area contributed by atoms with Gasteiger partial charge in [-0.05, 0) is 0 Å². The number of carbonyl (C=O) groups is 2. The van der Waals surface area contributed by atoms with Crippen molar-refractivity contribution in [3.05, 3.63) is 6.42 Å². The van der Waals surface area contributed by atoms with Gasteiger partial charge in [-0.1, -0.05) is 6.92 Å². The Kier molecular flexibility index (Phi) is 5.06. The standard InChI is InChI=1S/C8H15N2O3/c1-6(8(9)13)5-7(12)10(2)3-4-11/h5-6,11H,3-4H2,1-2H3,(H2,9,13). The highest BCUT2D eigenvalue weighted by molar-refractivity contribution is 5.91. The van der Waals surface area contributed by atoms with E-state index in [1.165, 1.54) is 11.3 Å². The summed E-state index contributed by atoms with van der Waals surface area (Å²) in [6.07, 6.45) is 1.23. The number of hydrogen-bond donors (Lipinski definition) is 2. The quantitative estimate of drug-likeness (QED) is 0.565. The number of primary amides is 1. The van der Waals surface area contributed by atoms with Crippen molar-refractivity contribution in [1.29, 1.82) is 0 Å². The second-order valence-corrected chi connectivity index (χ2v) is 2.84. The SMILES string of the molecule is CC([CH]C(=O)N(C)CCO)C(N)=O. The Morgan fingerprint density at radius 1 is 1.62 bits per heavy atom. The predicted octanol–water partition coefficient (Wildman–Crippen LogP) is -1.24. The van der Waals surface area contributed by atoms with Gasteiger partial charge in [0.25, 0.3) is 0 Å². The van der Waals surface area contributed by atoms with E-state index in [9.17, 15) is 9.59 Å². The average Bonchev–Trinajstić information content (AvgIpc) is 2.04.